The first-order valence-electron chi connectivity index (χ1n) is 11.7. The monoisotopic (exact) mass is 455 g/mol. The maximum absolute atomic E-state index is 13.2. The molecule has 7 heteroatoms. The Hall–Kier alpha value is -3.47. The predicted octanol–water partition coefficient (Wildman–Crippen LogP) is 3.54. The third-order valence-corrected chi connectivity index (χ3v) is 7.15. The van der Waals surface area contributed by atoms with Crippen LogP contribution in [0.4, 0.5) is 0 Å². The van der Waals surface area contributed by atoms with Gasteiger partial charge in [-0.1, -0.05) is 18.2 Å². The van der Waals surface area contributed by atoms with Gasteiger partial charge in [-0.3, -0.25) is 9.69 Å². The third-order valence-electron chi connectivity index (χ3n) is 7.15. The quantitative estimate of drug-likeness (QED) is 0.613. The number of aliphatic hydroxyl groups is 1. The SMILES string of the molecule is Cc1ccc(C(=O)N2CC(c3ccc(C#N)cc3)C2)cc1-c1nc(C2CN(C(C)O)C2)[nH]c1C. The Morgan fingerprint density at radius 2 is 1.82 bits per heavy atom. The Bertz CT molecular complexity index is 1260. The molecule has 1 unspecified atom stereocenters. The minimum absolute atomic E-state index is 0.0334. The molecule has 0 aliphatic carbocycles. The molecule has 7 nitrogen and oxygen atoms in total. The number of nitrogens with zero attached hydrogens (tertiary/aromatic N) is 4. The topological polar surface area (TPSA) is 96.2 Å². The second-order valence-electron chi connectivity index (χ2n) is 9.55. The van der Waals surface area contributed by atoms with Gasteiger partial charge in [0.15, 0.2) is 0 Å². The maximum Gasteiger partial charge on any atom is 0.253 e. The van der Waals surface area contributed by atoms with Crippen LogP contribution < -0.4 is 0 Å². The van der Waals surface area contributed by atoms with Crippen molar-refractivity contribution < 1.29 is 9.90 Å². The average molecular weight is 456 g/mol. The number of likely N-dealkylation sites (tertiary alicyclic amines) is 2. The van der Waals surface area contributed by atoms with Crippen molar-refractivity contribution in [1.82, 2.24) is 19.8 Å². The standard InChI is InChI=1S/C27H29N5O2/c1-16-4-7-21(27(34)32-12-22(13-32)20-8-5-19(11-28)6-9-20)10-24(16)25-17(2)29-26(30-25)23-14-31(15-23)18(3)33/h4-10,18,22-23,33H,12-15H2,1-3H3,(H,29,30). The summed E-state index contributed by atoms with van der Waals surface area (Å²) < 4.78 is 0. The first kappa shape index (κ1) is 22.3. The minimum Gasteiger partial charge on any atom is -0.379 e. The Labute approximate surface area is 199 Å². The molecule has 2 aliphatic rings. The summed E-state index contributed by atoms with van der Waals surface area (Å²) in [5, 5.41) is 18.7. The van der Waals surface area contributed by atoms with Gasteiger partial charge in [-0.25, -0.2) is 4.98 Å². The molecule has 2 aromatic carbocycles. The number of hydrogen-bond donors (Lipinski definition) is 2. The molecule has 2 saturated heterocycles. The van der Waals surface area contributed by atoms with Crippen molar-refractivity contribution in [2.75, 3.05) is 26.2 Å². The van der Waals surface area contributed by atoms with Crippen LogP contribution >= 0.6 is 0 Å². The molecular weight excluding hydrogens is 426 g/mol. The lowest BCUT2D eigenvalue weighted by molar-refractivity contribution is -0.0345. The molecule has 0 bridgehead atoms. The molecule has 0 radical (unpaired) electrons. The Balaban J connectivity index is 1.30. The number of carbonyl (C=O) groups excluding carboxylic acids is 1. The van der Waals surface area contributed by atoms with Gasteiger partial charge in [-0.15, -0.1) is 0 Å². The van der Waals surface area contributed by atoms with Crippen molar-refractivity contribution in [1.29, 1.82) is 5.26 Å². The Kier molecular flexibility index (Phi) is 5.72. The number of rotatable bonds is 5. The van der Waals surface area contributed by atoms with E-state index in [4.69, 9.17) is 10.2 Å². The number of imidazole rings is 1. The number of aromatic nitrogens is 2. The number of aromatic amines is 1. The average Bonchev–Trinajstić information content (AvgIpc) is 3.12. The summed E-state index contributed by atoms with van der Waals surface area (Å²) in [4.78, 5) is 25.4. The molecule has 1 aromatic heterocycles. The van der Waals surface area contributed by atoms with Crippen molar-refractivity contribution in [3.8, 4) is 17.3 Å². The number of nitrogens with one attached hydrogen (secondary N) is 1. The molecule has 2 fully saturated rings. The summed E-state index contributed by atoms with van der Waals surface area (Å²) in [6, 6.07) is 15.6. The molecule has 3 heterocycles. The third kappa shape index (κ3) is 4.00. The summed E-state index contributed by atoms with van der Waals surface area (Å²) in [6.45, 7) is 8.78. The molecule has 3 aromatic rings. The van der Waals surface area contributed by atoms with Crippen LogP contribution in [-0.4, -0.2) is 63.2 Å². The summed E-state index contributed by atoms with van der Waals surface area (Å²) in [5.41, 5.74) is 6.42. The van der Waals surface area contributed by atoms with Crippen LogP contribution in [0.3, 0.4) is 0 Å². The van der Waals surface area contributed by atoms with Gasteiger partial charge in [0.25, 0.3) is 5.91 Å². The highest BCUT2D eigenvalue weighted by Gasteiger charge is 2.34. The van der Waals surface area contributed by atoms with Crippen LogP contribution in [0.5, 0.6) is 0 Å². The lowest BCUT2D eigenvalue weighted by atomic mass is 9.90. The van der Waals surface area contributed by atoms with E-state index in [0.29, 0.717) is 30.1 Å². The van der Waals surface area contributed by atoms with Crippen molar-refractivity contribution in [2.45, 2.75) is 38.8 Å². The molecule has 0 saturated carbocycles. The fourth-order valence-electron chi connectivity index (χ4n) is 4.81. The fourth-order valence-corrected chi connectivity index (χ4v) is 4.81. The van der Waals surface area contributed by atoms with Gasteiger partial charge in [0.1, 0.15) is 12.1 Å². The van der Waals surface area contributed by atoms with Crippen molar-refractivity contribution >= 4 is 5.91 Å². The number of benzene rings is 2. The van der Waals surface area contributed by atoms with Gasteiger partial charge in [-0.05, 0) is 56.2 Å². The van der Waals surface area contributed by atoms with Crippen LogP contribution in [0.1, 0.15) is 57.3 Å². The Morgan fingerprint density at radius 3 is 2.47 bits per heavy atom. The first-order valence-corrected chi connectivity index (χ1v) is 11.7. The van der Waals surface area contributed by atoms with Gasteiger partial charge in [-0.2, -0.15) is 5.26 Å². The number of hydrogen-bond acceptors (Lipinski definition) is 5. The van der Waals surface area contributed by atoms with E-state index in [2.05, 4.69) is 11.1 Å². The number of aliphatic hydroxyl groups excluding tert-OH is 1. The Morgan fingerprint density at radius 1 is 1.12 bits per heavy atom. The fraction of sp³-hybridized carbons (Fsp3) is 0.370. The lowest BCUT2D eigenvalue weighted by Crippen LogP contribution is -2.49. The number of nitriles is 1. The van der Waals surface area contributed by atoms with Crippen LogP contribution in [0.25, 0.3) is 11.3 Å². The molecule has 1 atom stereocenters. The van der Waals surface area contributed by atoms with E-state index >= 15 is 0 Å². The van der Waals surface area contributed by atoms with Crippen molar-refractivity contribution in [3.63, 3.8) is 0 Å². The van der Waals surface area contributed by atoms with Gasteiger partial charge < -0.3 is 15.0 Å². The van der Waals surface area contributed by atoms with E-state index in [9.17, 15) is 9.90 Å². The molecule has 0 spiro atoms. The van der Waals surface area contributed by atoms with E-state index in [-0.39, 0.29) is 11.8 Å². The smallest absolute Gasteiger partial charge is 0.253 e. The summed E-state index contributed by atoms with van der Waals surface area (Å²) in [7, 11) is 0. The molecule has 174 valence electrons. The van der Waals surface area contributed by atoms with Crippen LogP contribution in [0.15, 0.2) is 42.5 Å². The van der Waals surface area contributed by atoms with Gasteiger partial charge in [0, 0.05) is 54.8 Å². The molecule has 5 rings (SSSR count). The van der Waals surface area contributed by atoms with Crippen molar-refractivity contribution in [3.05, 3.63) is 76.2 Å². The lowest BCUT2D eigenvalue weighted by Gasteiger charge is -2.40. The molecule has 34 heavy (non-hydrogen) atoms. The number of aryl methyl sites for hydroxylation is 2. The normalized spacial score (nSPS) is 17.7. The number of H-pyrrole nitrogens is 1. The van der Waals surface area contributed by atoms with E-state index in [1.807, 2.05) is 66.1 Å². The first-order chi connectivity index (χ1) is 16.3. The van der Waals surface area contributed by atoms with Gasteiger partial charge in [0.05, 0.1) is 17.3 Å². The minimum atomic E-state index is -0.435. The number of carbonyl (C=O) groups is 1. The van der Waals surface area contributed by atoms with Crippen LogP contribution in [-0.2, 0) is 0 Å². The molecule has 2 N–H and O–H groups in total. The number of amides is 1. The second kappa shape index (κ2) is 8.71. The molecular formula is C27H29N5O2. The molecule has 2 aliphatic heterocycles. The highest BCUT2D eigenvalue weighted by Crippen LogP contribution is 2.33. The summed E-state index contributed by atoms with van der Waals surface area (Å²) >= 11 is 0. The zero-order valence-electron chi connectivity index (χ0n) is 19.7. The zero-order chi connectivity index (χ0) is 24.0. The summed E-state index contributed by atoms with van der Waals surface area (Å²) in [5.74, 6) is 1.56. The van der Waals surface area contributed by atoms with Crippen LogP contribution in [0.2, 0.25) is 0 Å². The van der Waals surface area contributed by atoms with E-state index in [1.165, 1.54) is 0 Å². The largest absolute Gasteiger partial charge is 0.379 e. The highest BCUT2D eigenvalue weighted by molar-refractivity contribution is 5.96. The van der Waals surface area contributed by atoms with Gasteiger partial charge in [0.2, 0.25) is 0 Å². The second-order valence-corrected chi connectivity index (χ2v) is 9.55. The van der Waals surface area contributed by atoms with Crippen molar-refractivity contribution in [2.24, 2.45) is 0 Å². The van der Waals surface area contributed by atoms with E-state index in [0.717, 1.165) is 47.0 Å². The van der Waals surface area contributed by atoms with Crippen LogP contribution in [0, 0.1) is 25.2 Å². The van der Waals surface area contributed by atoms with E-state index < -0.39 is 6.23 Å². The predicted molar refractivity (Wildman–Crippen MR) is 129 cm³/mol. The van der Waals surface area contributed by atoms with E-state index in [1.54, 1.807) is 6.92 Å². The highest BCUT2D eigenvalue weighted by atomic mass is 16.3. The zero-order valence-corrected chi connectivity index (χ0v) is 19.7. The molecule has 1 amide bonds. The maximum atomic E-state index is 13.2. The summed E-state index contributed by atoms with van der Waals surface area (Å²) in [6.07, 6.45) is -0.435. The van der Waals surface area contributed by atoms with Gasteiger partial charge >= 0.3 is 0 Å².